The Morgan fingerprint density at radius 1 is 1.16 bits per heavy atom. The van der Waals surface area contributed by atoms with Gasteiger partial charge in [0, 0.05) is 5.56 Å². The van der Waals surface area contributed by atoms with E-state index in [2.05, 4.69) is 5.32 Å². The van der Waals surface area contributed by atoms with Gasteiger partial charge in [0.1, 0.15) is 0 Å². The largest absolute Gasteiger partial charge is 0.492 e. The van der Waals surface area contributed by atoms with Crippen LogP contribution in [-0.4, -0.2) is 40.3 Å². The molecule has 2 aromatic carbocycles. The number of carbonyl (C=O) groups excluding carboxylic acids is 1. The summed E-state index contributed by atoms with van der Waals surface area (Å²) in [7, 11) is 4.47. The van der Waals surface area contributed by atoms with Crippen LogP contribution >= 0.6 is 11.8 Å². The summed E-state index contributed by atoms with van der Waals surface area (Å²) in [4.78, 5) is 25.5. The number of nitrogens with one attached hydrogen (secondary N) is 1. The molecule has 0 aliphatic heterocycles. The number of ether oxygens (including phenoxy) is 4. The van der Waals surface area contributed by atoms with Crippen LogP contribution in [0.3, 0.4) is 0 Å². The molecule has 0 aromatic heterocycles. The molecule has 8 heteroatoms. The molecule has 1 amide bonds. The summed E-state index contributed by atoms with van der Waals surface area (Å²) in [6.45, 7) is 2.38. The van der Waals surface area contributed by atoms with Crippen molar-refractivity contribution in [2.45, 2.75) is 30.7 Å². The van der Waals surface area contributed by atoms with Gasteiger partial charge >= 0.3 is 6.09 Å². The number of hydrogen-bond donors (Lipinski definition) is 1. The standard InChI is InChI=1S/C23H27NO6S/c1-6-30-18-11-13-7-9-16(24-23(26)29-4)15-12-17(25)19(31-5)10-8-14(15)20(13)22(28-3)21(18)27-2/h8,10-12,16H,6-7,9H2,1-5H3,(H,24,26). The highest BCUT2D eigenvalue weighted by molar-refractivity contribution is 7.98. The summed E-state index contributed by atoms with van der Waals surface area (Å²) in [5.41, 5.74) is 3.21. The highest BCUT2D eigenvalue weighted by Crippen LogP contribution is 2.50. The Bertz CT molecular complexity index is 1040. The van der Waals surface area contributed by atoms with Crippen LogP contribution in [0.25, 0.3) is 11.1 Å². The van der Waals surface area contributed by atoms with E-state index < -0.39 is 12.1 Å². The van der Waals surface area contributed by atoms with Gasteiger partial charge in [0.15, 0.2) is 16.9 Å². The molecule has 3 rings (SSSR count). The van der Waals surface area contributed by atoms with Crippen molar-refractivity contribution in [1.82, 2.24) is 5.32 Å². The zero-order chi connectivity index (χ0) is 22.5. The topological polar surface area (TPSA) is 83.1 Å². The molecule has 0 radical (unpaired) electrons. The van der Waals surface area contributed by atoms with E-state index >= 15 is 0 Å². The number of carbonyl (C=O) groups is 1. The lowest BCUT2D eigenvalue weighted by Gasteiger charge is -2.20. The molecule has 0 heterocycles. The predicted octanol–water partition coefficient (Wildman–Crippen LogP) is 4.19. The SMILES string of the molecule is CCOc1cc2c(c(OC)c1OC)-c1ccc(SC)c(=O)cc1C(NC(=O)OC)CC2. The number of methoxy groups -OCH3 is 3. The van der Waals surface area contributed by atoms with Crippen molar-refractivity contribution in [2.24, 2.45) is 0 Å². The Hall–Kier alpha value is -2.87. The van der Waals surface area contributed by atoms with Crippen LogP contribution in [0.1, 0.15) is 30.5 Å². The lowest BCUT2D eigenvalue weighted by atomic mass is 9.95. The van der Waals surface area contributed by atoms with Crippen molar-refractivity contribution in [1.29, 1.82) is 0 Å². The van der Waals surface area contributed by atoms with E-state index in [1.54, 1.807) is 26.4 Å². The van der Waals surface area contributed by atoms with Crippen molar-refractivity contribution >= 4 is 17.9 Å². The maximum Gasteiger partial charge on any atom is 0.407 e. The first-order valence-electron chi connectivity index (χ1n) is 9.96. The summed E-state index contributed by atoms with van der Waals surface area (Å²) in [6.07, 6.45) is 2.52. The molecule has 0 bridgehead atoms. The molecule has 166 valence electrons. The van der Waals surface area contributed by atoms with Gasteiger partial charge in [-0.1, -0.05) is 6.07 Å². The molecule has 0 saturated heterocycles. The molecular weight excluding hydrogens is 418 g/mol. The van der Waals surface area contributed by atoms with Gasteiger partial charge in [-0.3, -0.25) is 4.79 Å². The Balaban J connectivity index is 2.37. The fraction of sp³-hybridized carbons (Fsp3) is 0.391. The van der Waals surface area contributed by atoms with Crippen molar-refractivity contribution in [3.8, 4) is 28.4 Å². The van der Waals surface area contributed by atoms with Crippen molar-refractivity contribution in [2.75, 3.05) is 34.2 Å². The van der Waals surface area contributed by atoms with Crippen LogP contribution in [-0.2, 0) is 11.2 Å². The quantitative estimate of drug-likeness (QED) is 0.668. The van der Waals surface area contributed by atoms with Gasteiger partial charge in [0.05, 0.1) is 38.9 Å². The summed E-state index contributed by atoms with van der Waals surface area (Å²) < 4.78 is 22.0. The first-order chi connectivity index (χ1) is 15.0. The molecule has 2 aromatic rings. The normalized spacial score (nSPS) is 14.5. The molecule has 0 spiro atoms. The lowest BCUT2D eigenvalue weighted by Crippen LogP contribution is -2.28. The Labute approximate surface area is 186 Å². The number of fused-ring (bicyclic) bond motifs is 3. The van der Waals surface area contributed by atoms with Gasteiger partial charge in [0.25, 0.3) is 0 Å². The van der Waals surface area contributed by atoms with E-state index in [1.807, 2.05) is 25.3 Å². The number of rotatable bonds is 6. The van der Waals surface area contributed by atoms with Crippen molar-refractivity contribution in [3.63, 3.8) is 0 Å². The second-order valence-corrected chi connectivity index (χ2v) is 7.76. The Morgan fingerprint density at radius 3 is 2.52 bits per heavy atom. The first-order valence-corrected chi connectivity index (χ1v) is 11.2. The lowest BCUT2D eigenvalue weighted by molar-refractivity contribution is 0.166. The number of hydrogen-bond acceptors (Lipinski definition) is 7. The Kier molecular flexibility index (Phi) is 7.33. The number of alkyl carbamates (subject to hydrolysis) is 1. The summed E-state index contributed by atoms with van der Waals surface area (Å²) in [5, 5.41) is 2.87. The van der Waals surface area contributed by atoms with E-state index in [0.717, 1.165) is 16.7 Å². The Morgan fingerprint density at radius 2 is 1.90 bits per heavy atom. The highest BCUT2D eigenvalue weighted by Gasteiger charge is 2.30. The van der Waals surface area contributed by atoms with Crippen LogP contribution in [0.4, 0.5) is 4.79 Å². The van der Waals surface area contributed by atoms with E-state index in [0.29, 0.717) is 47.2 Å². The zero-order valence-corrected chi connectivity index (χ0v) is 19.2. The zero-order valence-electron chi connectivity index (χ0n) is 18.4. The predicted molar refractivity (Wildman–Crippen MR) is 121 cm³/mol. The van der Waals surface area contributed by atoms with Crippen LogP contribution in [0, 0.1) is 0 Å². The van der Waals surface area contributed by atoms with Gasteiger partial charge in [-0.15, -0.1) is 11.8 Å². The second kappa shape index (κ2) is 9.96. The van der Waals surface area contributed by atoms with Gasteiger partial charge < -0.3 is 24.3 Å². The smallest absolute Gasteiger partial charge is 0.407 e. The summed E-state index contributed by atoms with van der Waals surface area (Å²) in [5.74, 6) is 1.62. The third-order valence-corrected chi connectivity index (χ3v) is 6.06. The second-order valence-electron chi connectivity index (χ2n) is 6.91. The summed E-state index contributed by atoms with van der Waals surface area (Å²) >= 11 is 1.38. The molecule has 0 saturated carbocycles. The van der Waals surface area contributed by atoms with Gasteiger partial charge in [0.2, 0.25) is 5.75 Å². The third-order valence-electron chi connectivity index (χ3n) is 5.28. The van der Waals surface area contributed by atoms with Crippen molar-refractivity contribution in [3.05, 3.63) is 45.6 Å². The molecule has 1 N–H and O–H groups in total. The molecule has 1 unspecified atom stereocenters. The third kappa shape index (κ3) is 4.44. The average Bonchev–Trinajstić information content (AvgIpc) is 3.01. The first kappa shape index (κ1) is 22.8. The minimum atomic E-state index is -0.550. The number of thioether (sulfide) groups is 1. The molecule has 0 fully saturated rings. The fourth-order valence-corrected chi connectivity index (χ4v) is 4.39. The molecule has 7 nitrogen and oxygen atoms in total. The van der Waals surface area contributed by atoms with Crippen LogP contribution < -0.4 is 25.0 Å². The van der Waals surface area contributed by atoms with E-state index in [9.17, 15) is 9.59 Å². The molecule has 1 aliphatic carbocycles. The molecule has 1 atom stereocenters. The van der Waals surface area contributed by atoms with E-state index in [1.165, 1.54) is 18.9 Å². The van der Waals surface area contributed by atoms with Crippen LogP contribution in [0.2, 0.25) is 0 Å². The van der Waals surface area contributed by atoms with Gasteiger partial charge in [-0.25, -0.2) is 4.79 Å². The number of aryl methyl sites for hydroxylation is 1. The minimum Gasteiger partial charge on any atom is -0.492 e. The number of benzene rings is 1. The highest BCUT2D eigenvalue weighted by atomic mass is 32.2. The molecule has 1 aliphatic rings. The van der Waals surface area contributed by atoms with E-state index in [4.69, 9.17) is 18.9 Å². The molecular formula is C23H27NO6S. The minimum absolute atomic E-state index is 0.106. The summed E-state index contributed by atoms with van der Waals surface area (Å²) in [6, 6.07) is 6.85. The van der Waals surface area contributed by atoms with Crippen LogP contribution in [0.5, 0.6) is 17.2 Å². The number of amides is 1. The van der Waals surface area contributed by atoms with Gasteiger partial charge in [-0.2, -0.15) is 0 Å². The fourth-order valence-electron chi connectivity index (χ4n) is 3.93. The molecule has 31 heavy (non-hydrogen) atoms. The van der Waals surface area contributed by atoms with Crippen molar-refractivity contribution < 1.29 is 23.7 Å². The maximum absolute atomic E-state index is 12.8. The monoisotopic (exact) mass is 445 g/mol. The van der Waals surface area contributed by atoms with Crippen LogP contribution in [0.15, 0.2) is 34.0 Å². The van der Waals surface area contributed by atoms with E-state index in [-0.39, 0.29) is 5.43 Å². The average molecular weight is 446 g/mol. The maximum atomic E-state index is 12.8. The van der Waals surface area contributed by atoms with Gasteiger partial charge in [-0.05, 0) is 60.9 Å².